The van der Waals surface area contributed by atoms with Crippen LogP contribution >= 0.6 is 11.6 Å². The van der Waals surface area contributed by atoms with Crippen LogP contribution in [-0.4, -0.2) is 9.78 Å². The summed E-state index contributed by atoms with van der Waals surface area (Å²) in [6, 6.07) is 4.47. The van der Waals surface area contributed by atoms with Gasteiger partial charge >= 0.3 is 0 Å². The fourth-order valence-corrected chi connectivity index (χ4v) is 3.08. The highest BCUT2D eigenvalue weighted by molar-refractivity contribution is 6.17. The van der Waals surface area contributed by atoms with Crippen LogP contribution < -0.4 is 0 Å². The first-order valence-electron chi connectivity index (χ1n) is 6.59. The highest BCUT2D eigenvalue weighted by Gasteiger charge is 2.12. The molecule has 1 aromatic heterocycles. The van der Waals surface area contributed by atoms with E-state index < -0.39 is 0 Å². The predicted molar refractivity (Wildman–Crippen MR) is 81.0 cm³/mol. The second kappa shape index (κ2) is 5.38. The van der Waals surface area contributed by atoms with Crippen LogP contribution in [0.3, 0.4) is 0 Å². The molecule has 0 saturated heterocycles. The van der Waals surface area contributed by atoms with Crippen molar-refractivity contribution in [3.63, 3.8) is 0 Å². The molecule has 0 unspecified atom stereocenters. The van der Waals surface area contributed by atoms with E-state index >= 15 is 0 Å². The van der Waals surface area contributed by atoms with Gasteiger partial charge in [-0.05, 0) is 51.3 Å². The van der Waals surface area contributed by atoms with E-state index in [2.05, 4.69) is 49.6 Å². The van der Waals surface area contributed by atoms with Crippen LogP contribution in [0, 0.1) is 34.6 Å². The zero-order chi connectivity index (χ0) is 14.2. The Kier molecular flexibility index (Phi) is 4.00. The Labute approximate surface area is 120 Å². The molecule has 0 bridgehead atoms. The lowest BCUT2D eigenvalue weighted by atomic mass is 10.00. The van der Waals surface area contributed by atoms with Crippen molar-refractivity contribution in [2.75, 3.05) is 0 Å². The molecule has 3 heteroatoms. The Morgan fingerprint density at radius 1 is 1.00 bits per heavy atom. The van der Waals surface area contributed by atoms with E-state index in [0.717, 1.165) is 17.8 Å². The summed E-state index contributed by atoms with van der Waals surface area (Å²) in [4.78, 5) is 0. The Hall–Kier alpha value is -1.28. The van der Waals surface area contributed by atoms with Gasteiger partial charge in [-0.25, -0.2) is 0 Å². The van der Waals surface area contributed by atoms with Gasteiger partial charge < -0.3 is 0 Å². The Morgan fingerprint density at radius 2 is 1.58 bits per heavy atom. The molecule has 0 aliphatic rings. The molecule has 0 atom stereocenters. The van der Waals surface area contributed by atoms with Crippen molar-refractivity contribution in [3.05, 3.63) is 51.3 Å². The van der Waals surface area contributed by atoms with Crippen LogP contribution in [0.1, 0.15) is 39.2 Å². The summed E-state index contributed by atoms with van der Waals surface area (Å²) in [5.41, 5.74) is 8.70. The molecule has 19 heavy (non-hydrogen) atoms. The van der Waals surface area contributed by atoms with Crippen molar-refractivity contribution in [3.8, 4) is 0 Å². The molecule has 1 heterocycles. The zero-order valence-electron chi connectivity index (χ0n) is 12.3. The molecule has 0 spiro atoms. The van der Waals surface area contributed by atoms with E-state index in [1.165, 1.54) is 27.9 Å². The average Bonchev–Trinajstić information content (AvgIpc) is 2.58. The Morgan fingerprint density at radius 3 is 2.05 bits per heavy atom. The maximum absolute atomic E-state index is 5.98. The van der Waals surface area contributed by atoms with Crippen molar-refractivity contribution in [1.29, 1.82) is 0 Å². The lowest BCUT2D eigenvalue weighted by Crippen LogP contribution is -2.07. The lowest BCUT2D eigenvalue weighted by Gasteiger charge is -2.12. The first-order chi connectivity index (χ1) is 8.93. The molecule has 0 amide bonds. The van der Waals surface area contributed by atoms with Gasteiger partial charge in [0.15, 0.2) is 0 Å². The first-order valence-corrected chi connectivity index (χ1v) is 7.13. The molecular weight excluding hydrogens is 256 g/mol. The Bertz CT molecular complexity index is 588. The van der Waals surface area contributed by atoms with Crippen molar-refractivity contribution in [2.45, 2.75) is 47.0 Å². The maximum Gasteiger partial charge on any atom is 0.0667 e. The summed E-state index contributed by atoms with van der Waals surface area (Å²) in [6.07, 6.45) is 0. The summed E-state index contributed by atoms with van der Waals surface area (Å²) in [5.74, 6) is 0.531. The molecule has 2 aromatic rings. The number of hydrogen-bond acceptors (Lipinski definition) is 1. The standard InChI is InChI=1S/C16H21ClN2/c1-10-6-11(2)16(12(3)7-10)9-19-14(5)15(8-17)13(4)18-19/h6-7H,8-9H2,1-5H3. The third-order valence-electron chi connectivity index (χ3n) is 3.81. The summed E-state index contributed by atoms with van der Waals surface area (Å²) >= 11 is 5.98. The van der Waals surface area contributed by atoms with Crippen LogP contribution in [0.15, 0.2) is 12.1 Å². The molecule has 0 radical (unpaired) electrons. The van der Waals surface area contributed by atoms with E-state index in [1.807, 2.05) is 6.92 Å². The van der Waals surface area contributed by atoms with Crippen LogP contribution in [0.4, 0.5) is 0 Å². The third kappa shape index (κ3) is 2.69. The van der Waals surface area contributed by atoms with Crippen molar-refractivity contribution >= 4 is 11.6 Å². The van der Waals surface area contributed by atoms with Gasteiger partial charge in [0.2, 0.25) is 0 Å². The zero-order valence-corrected chi connectivity index (χ0v) is 13.1. The number of aromatic nitrogens is 2. The lowest BCUT2D eigenvalue weighted by molar-refractivity contribution is 0.653. The van der Waals surface area contributed by atoms with Crippen molar-refractivity contribution in [1.82, 2.24) is 9.78 Å². The molecule has 0 N–H and O–H groups in total. The Balaban J connectivity index is 2.42. The molecular formula is C16H21ClN2. The van der Waals surface area contributed by atoms with Crippen molar-refractivity contribution in [2.24, 2.45) is 0 Å². The van der Waals surface area contributed by atoms with Gasteiger partial charge in [0.1, 0.15) is 0 Å². The smallest absolute Gasteiger partial charge is 0.0667 e. The van der Waals surface area contributed by atoms with E-state index in [4.69, 9.17) is 11.6 Å². The second-order valence-corrected chi connectivity index (χ2v) is 5.59. The van der Waals surface area contributed by atoms with Gasteiger partial charge in [-0.3, -0.25) is 4.68 Å². The molecule has 2 nitrogen and oxygen atoms in total. The SMILES string of the molecule is Cc1cc(C)c(Cn2nc(C)c(CCl)c2C)c(C)c1. The van der Waals surface area contributed by atoms with Crippen LogP contribution in [0.5, 0.6) is 0 Å². The van der Waals surface area contributed by atoms with Crippen LogP contribution in [-0.2, 0) is 12.4 Å². The topological polar surface area (TPSA) is 17.8 Å². The van der Waals surface area contributed by atoms with Gasteiger partial charge in [0.25, 0.3) is 0 Å². The van der Waals surface area contributed by atoms with Gasteiger partial charge in [0, 0.05) is 11.3 Å². The molecule has 0 saturated carbocycles. The van der Waals surface area contributed by atoms with Gasteiger partial charge in [0.05, 0.1) is 18.1 Å². The van der Waals surface area contributed by atoms with Gasteiger partial charge in [-0.2, -0.15) is 5.10 Å². The highest BCUT2D eigenvalue weighted by atomic mass is 35.5. The quantitative estimate of drug-likeness (QED) is 0.768. The number of halogens is 1. The number of hydrogen-bond donors (Lipinski definition) is 0. The van der Waals surface area contributed by atoms with Gasteiger partial charge in [-0.15, -0.1) is 11.6 Å². The van der Waals surface area contributed by atoms with Crippen LogP contribution in [0.2, 0.25) is 0 Å². The number of benzene rings is 1. The number of aryl methyl sites for hydroxylation is 4. The molecule has 0 aliphatic heterocycles. The third-order valence-corrected chi connectivity index (χ3v) is 4.08. The average molecular weight is 277 g/mol. The molecule has 102 valence electrons. The summed E-state index contributed by atoms with van der Waals surface area (Å²) in [7, 11) is 0. The van der Waals surface area contributed by atoms with E-state index in [0.29, 0.717) is 5.88 Å². The van der Waals surface area contributed by atoms with Crippen molar-refractivity contribution < 1.29 is 0 Å². The number of rotatable bonds is 3. The monoisotopic (exact) mass is 276 g/mol. The number of nitrogens with zero attached hydrogens (tertiary/aromatic N) is 2. The molecule has 0 aliphatic carbocycles. The minimum absolute atomic E-state index is 0.531. The van der Waals surface area contributed by atoms with E-state index in [-0.39, 0.29) is 0 Å². The second-order valence-electron chi connectivity index (χ2n) is 5.32. The minimum Gasteiger partial charge on any atom is -0.265 e. The molecule has 0 fully saturated rings. The van der Waals surface area contributed by atoms with E-state index in [9.17, 15) is 0 Å². The number of alkyl halides is 1. The normalized spacial score (nSPS) is 11.1. The van der Waals surface area contributed by atoms with E-state index in [1.54, 1.807) is 0 Å². The van der Waals surface area contributed by atoms with Crippen LogP contribution in [0.25, 0.3) is 0 Å². The predicted octanol–water partition coefficient (Wildman–Crippen LogP) is 4.21. The molecule has 2 rings (SSSR count). The summed E-state index contributed by atoms with van der Waals surface area (Å²) in [5, 5.41) is 4.61. The first kappa shape index (κ1) is 14.1. The minimum atomic E-state index is 0.531. The summed E-state index contributed by atoms with van der Waals surface area (Å²) in [6.45, 7) is 11.4. The molecule has 1 aromatic carbocycles. The largest absolute Gasteiger partial charge is 0.265 e. The maximum atomic E-state index is 5.98. The van der Waals surface area contributed by atoms with Gasteiger partial charge in [-0.1, -0.05) is 17.7 Å². The highest BCUT2D eigenvalue weighted by Crippen LogP contribution is 2.21. The fourth-order valence-electron chi connectivity index (χ4n) is 2.69. The fraction of sp³-hybridized carbons (Fsp3) is 0.438. The summed E-state index contributed by atoms with van der Waals surface area (Å²) < 4.78 is 2.07.